The Bertz CT molecular complexity index is 292. The van der Waals surface area contributed by atoms with Gasteiger partial charge in [-0.25, -0.2) is 0 Å². The van der Waals surface area contributed by atoms with E-state index >= 15 is 0 Å². The van der Waals surface area contributed by atoms with E-state index in [4.69, 9.17) is 4.74 Å². The summed E-state index contributed by atoms with van der Waals surface area (Å²) in [4.78, 5) is 14.7. The third-order valence-corrected chi connectivity index (χ3v) is 4.36. The van der Waals surface area contributed by atoms with Crippen LogP contribution in [0.5, 0.6) is 0 Å². The Morgan fingerprint density at radius 3 is 2.72 bits per heavy atom. The van der Waals surface area contributed by atoms with Gasteiger partial charge in [0.2, 0.25) is 5.91 Å². The molecule has 18 heavy (non-hydrogen) atoms. The predicted octanol–water partition coefficient (Wildman–Crippen LogP) is 1.16. The number of ether oxygens (including phenoxy) is 1. The number of carbonyl (C=O) groups is 1. The maximum absolute atomic E-state index is 12.6. The van der Waals surface area contributed by atoms with Crippen molar-refractivity contribution in [3.8, 4) is 0 Å². The summed E-state index contributed by atoms with van der Waals surface area (Å²) in [5.74, 6) is 0.478. The van der Waals surface area contributed by atoms with Crippen LogP contribution in [0.4, 0.5) is 0 Å². The van der Waals surface area contributed by atoms with Crippen LogP contribution >= 0.6 is 0 Å². The Kier molecular flexibility index (Phi) is 3.85. The molecule has 2 saturated heterocycles. The second kappa shape index (κ2) is 5.57. The minimum Gasteiger partial charge on any atom is -0.381 e. The van der Waals surface area contributed by atoms with Gasteiger partial charge < -0.3 is 15.0 Å². The van der Waals surface area contributed by atoms with Crippen molar-refractivity contribution < 1.29 is 9.53 Å². The lowest BCUT2D eigenvalue weighted by Crippen LogP contribution is -2.46. The molecule has 0 unspecified atom stereocenters. The fourth-order valence-corrected chi connectivity index (χ4v) is 3.13. The SMILES string of the molecule is O=C([C@H]1CCCOC1)N(C[C@@H]1CCCN1)C1CC1. The van der Waals surface area contributed by atoms with Crippen molar-refractivity contribution in [1.82, 2.24) is 10.2 Å². The van der Waals surface area contributed by atoms with E-state index in [0.29, 0.717) is 24.6 Å². The van der Waals surface area contributed by atoms with Gasteiger partial charge in [-0.05, 0) is 45.1 Å². The molecule has 2 aliphatic heterocycles. The van der Waals surface area contributed by atoms with E-state index in [1.165, 1.54) is 25.7 Å². The highest BCUT2D eigenvalue weighted by Gasteiger charge is 2.37. The van der Waals surface area contributed by atoms with Gasteiger partial charge in [-0.1, -0.05) is 0 Å². The van der Waals surface area contributed by atoms with Gasteiger partial charge in [-0.3, -0.25) is 4.79 Å². The van der Waals surface area contributed by atoms with E-state index < -0.39 is 0 Å². The summed E-state index contributed by atoms with van der Waals surface area (Å²) in [6, 6.07) is 1.06. The number of nitrogens with zero attached hydrogens (tertiary/aromatic N) is 1. The van der Waals surface area contributed by atoms with Crippen molar-refractivity contribution in [2.75, 3.05) is 26.3 Å². The van der Waals surface area contributed by atoms with E-state index in [2.05, 4.69) is 10.2 Å². The maximum atomic E-state index is 12.6. The summed E-state index contributed by atoms with van der Waals surface area (Å²) < 4.78 is 5.46. The first-order chi connectivity index (χ1) is 8.84. The van der Waals surface area contributed by atoms with Crippen LogP contribution in [0.1, 0.15) is 38.5 Å². The summed E-state index contributed by atoms with van der Waals surface area (Å²) in [5.41, 5.74) is 0. The molecule has 1 N–H and O–H groups in total. The highest BCUT2D eigenvalue weighted by molar-refractivity contribution is 5.79. The summed E-state index contributed by atoms with van der Waals surface area (Å²) in [7, 11) is 0. The van der Waals surface area contributed by atoms with Gasteiger partial charge in [0.25, 0.3) is 0 Å². The minimum absolute atomic E-state index is 0.126. The lowest BCUT2D eigenvalue weighted by molar-refractivity contribution is -0.140. The molecule has 1 amide bonds. The summed E-state index contributed by atoms with van der Waals surface area (Å²) in [5, 5.41) is 3.50. The molecule has 0 spiro atoms. The van der Waals surface area contributed by atoms with Crippen LogP contribution in [0.25, 0.3) is 0 Å². The van der Waals surface area contributed by atoms with Crippen LogP contribution in [0.15, 0.2) is 0 Å². The van der Waals surface area contributed by atoms with Gasteiger partial charge in [0, 0.05) is 25.2 Å². The molecule has 0 aromatic rings. The second-order valence-corrected chi connectivity index (χ2v) is 5.93. The Hall–Kier alpha value is -0.610. The molecule has 0 bridgehead atoms. The fraction of sp³-hybridized carbons (Fsp3) is 0.929. The molecule has 4 nitrogen and oxygen atoms in total. The van der Waals surface area contributed by atoms with Crippen molar-refractivity contribution in [2.24, 2.45) is 5.92 Å². The second-order valence-electron chi connectivity index (χ2n) is 5.93. The van der Waals surface area contributed by atoms with Gasteiger partial charge in [0.05, 0.1) is 12.5 Å². The topological polar surface area (TPSA) is 41.6 Å². The Balaban J connectivity index is 1.59. The van der Waals surface area contributed by atoms with Gasteiger partial charge in [0.15, 0.2) is 0 Å². The fourth-order valence-electron chi connectivity index (χ4n) is 3.13. The Morgan fingerprint density at radius 1 is 1.22 bits per heavy atom. The third kappa shape index (κ3) is 2.86. The van der Waals surface area contributed by atoms with Crippen LogP contribution < -0.4 is 5.32 Å². The molecular weight excluding hydrogens is 228 g/mol. The zero-order valence-corrected chi connectivity index (χ0v) is 11.1. The zero-order chi connectivity index (χ0) is 12.4. The quantitative estimate of drug-likeness (QED) is 0.816. The largest absolute Gasteiger partial charge is 0.381 e. The van der Waals surface area contributed by atoms with Crippen molar-refractivity contribution in [3.05, 3.63) is 0 Å². The molecule has 102 valence electrons. The molecule has 0 aromatic carbocycles. The van der Waals surface area contributed by atoms with Crippen LogP contribution in [-0.2, 0) is 9.53 Å². The molecule has 2 heterocycles. The van der Waals surface area contributed by atoms with Gasteiger partial charge >= 0.3 is 0 Å². The maximum Gasteiger partial charge on any atom is 0.228 e. The number of amides is 1. The molecular formula is C14H24N2O2. The standard InChI is InChI=1S/C14H24N2O2/c17-14(11-3-2-8-18-10-11)16(13-5-6-13)9-12-4-1-7-15-12/h11-13,15H,1-10H2/t11-,12-/m0/s1. The van der Waals surface area contributed by atoms with Crippen LogP contribution in [0, 0.1) is 5.92 Å². The number of hydrogen-bond donors (Lipinski definition) is 1. The van der Waals surface area contributed by atoms with Crippen molar-refractivity contribution in [3.63, 3.8) is 0 Å². The number of rotatable bonds is 4. The highest BCUT2D eigenvalue weighted by atomic mass is 16.5. The zero-order valence-electron chi connectivity index (χ0n) is 11.1. The third-order valence-electron chi connectivity index (χ3n) is 4.36. The average molecular weight is 252 g/mol. The summed E-state index contributed by atoms with van der Waals surface area (Å²) >= 11 is 0. The number of carbonyl (C=O) groups excluding carboxylic acids is 1. The van der Waals surface area contributed by atoms with Crippen molar-refractivity contribution in [1.29, 1.82) is 0 Å². The smallest absolute Gasteiger partial charge is 0.228 e. The monoisotopic (exact) mass is 252 g/mol. The van der Waals surface area contributed by atoms with E-state index in [0.717, 1.165) is 32.5 Å². The highest BCUT2D eigenvalue weighted by Crippen LogP contribution is 2.30. The lowest BCUT2D eigenvalue weighted by Gasteiger charge is -2.31. The first-order valence-corrected chi connectivity index (χ1v) is 7.46. The normalized spacial score (nSPS) is 32.4. The molecule has 1 aliphatic carbocycles. The molecule has 4 heteroatoms. The average Bonchev–Trinajstić information content (AvgIpc) is 3.13. The number of nitrogens with one attached hydrogen (secondary N) is 1. The molecule has 0 aromatic heterocycles. The van der Waals surface area contributed by atoms with E-state index in [1.807, 2.05) is 0 Å². The van der Waals surface area contributed by atoms with Crippen LogP contribution in [-0.4, -0.2) is 49.2 Å². The summed E-state index contributed by atoms with van der Waals surface area (Å²) in [6.45, 7) is 3.50. The predicted molar refractivity (Wildman–Crippen MR) is 69.3 cm³/mol. The first-order valence-electron chi connectivity index (χ1n) is 7.46. The van der Waals surface area contributed by atoms with Crippen LogP contribution in [0.3, 0.4) is 0 Å². The molecule has 1 saturated carbocycles. The Labute approximate surface area is 109 Å². The molecule has 0 radical (unpaired) electrons. The molecule has 3 fully saturated rings. The van der Waals surface area contributed by atoms with Gasteiger partial charge in [0.1, 0.15) is 0 Å². The van der Waals surface area contributed by atoms with Crippen molar-refractivity contribution >= 4 is 5.91 Å². The van der Waals surface area contributed by atoms with E-state index in [9.17, 15) is 4.79 Å². The first kappa shape index (κ1) is 12.4. The summed E-state index contributed by atoms with van der Waals surface area (Å²) in [6.07, 6.45) is 6.93. The van der Waals surface area contributed by atoms with Crippen molar-refractivity contribution in [2.45, 2.75) is 50.6 Å². The van der Waals surface area contributed by atoms with Crippen LogP contribution in [0.2, 0.25) is 0 Å². The molecule has 3 aliphatic rings. The van der Waals surface area contributed by atoms with Gasteiger partial charge in [-0.15, -0.1) is 0 Å². The minimum atomic E-state index is 0.126. The van der Waals surface area contributed by atoms with Gasteiger partial charge in [-0.2, -0.15) is 0 Å². The van der Waals surface area contributed by atoms with E-state index in [1.54, 1.807) is 0 Å². The van der Waals surface area contributed by atoms with E-state index in [-0.39, 0.29) is 5.92 Å². The molecule has 3 rings (SSSR count). The number of hydrogen-bond acceptors (Lipinski definition) is 3. The lowest BCUT2D eigenvalue weighted by atomic mass is 10.00. The Morgan fingerprint density at radius 2 is 2.11 bits per heavy atom. The molecule has 2 atom stereocenters.